The van der Waals surface area contributed by atoms with Crippen LogP contribution in [0.5, 0.6) is 5.75 Å². The molecule has 1 aliphatic rings. The first-order valence-electron chi connectivity index (χ1n) is 10.1. The average Bonchev–Trinajstić information content (AvgIpc) is 3.42. The fraction of sp³-hybridized carbons (Fsp3) is 0.208. The summed E-state index contributed by atoms with van der Waals surface area (Å²) >= 11 is 0. The van der Waals surface area contributed by atoms with E-state index in [2.05, 4.69) is 9.97 Å². The zero-order chi connectivity index (χ0) is 20.5. The molecule has 1 unspecified atom stereocenters. The largest absolute Gasteiger partial charge is 0.508 e. The van der Waals surface area contributed by atoms with Crippen molar-refractivity contribution in [2.75, 3.05) is 13.1 Å². The molecule has 5 rings (SSSR count). The van der Waals surface area contributed by atoms with Gasteiger partial charge < -0.3 is 10.0 Å². The Labute approximate surface area is 174 Å². The molecule has 0 spiro atoms. The van der Waals surface area contributed by atoms with Crippen LogP contribution in [-0.4, -0.2) is 43.5 Å². The minimum absolute atomic E-state index is 0.00636. The molecule has 0 radical (unpaired) electrons. The van der Waals surface area contributed by atoms with Gasteiger partial charge in [-0.1, -0.05) is 30.3 Å². The summed E-state index contributed by atoms with van der Waals surface area (Å²) in [6.07, 6.45) is 5.28. The quantitative estimate of drug-likeness (QED) is 0.567. The van der Waals surface area contributed by atoms with Crippen LogP contribution in [0.1, 0.15) is 22.3 Å². The van der Waals surface area contributed by atoms with Crippen LogP contribution in [0.15, 0.2) is 73.2 Å². The number of imidazole rings is 1. The number of carbonyl (C=O) groups is 1. The minimum atomic E-state index is 0.00636. The van der Waals surface area contributed by atoms with Gasteiger partial charge in [0.25, 0.3) is 5.91 Å². The molecule has 1 N–H and O–H groups in total. The van der Waals surface area contributed by atoms with E-state index in [-0.39, 0.29) is 11.7 Å². The van der Waals surface area contributed by atoms with Crippen LogP contribution in [0.3, 0.4) is 0 Å². The highest BCUT2D eigenvalue weighted by atomic mass is 16.3. The number of rotatable bonds is 4. The van der Waals surface area contributed by atoms with E-state index in [0.29, 0.717) is 17.0 Å². The third kappa shape index (κ3) is 3.52. The van der Waals surface area contributed by atoms with E-state index in [0.717, 1.165) is 37.3 Å². The first-order valence-corrected chi connectivity index (χ1v) is 10.1. The van der Waals surface area contributed by atoms with Crippen molar-refractivity contribution in [3.63, 3.8) is 0 Å². The Morgan fingerprint density at radius 1 is 1.07 bits per heavy atom. The second-order valence-electron chi connectivity index (χ2n) is 7.79. The van der Waals surface area contributed by atoms with Gasteiger partial charge in [0.2, 0.25) is 0 Å². The zero-order valence-corrected chi connectivity index (χ0v) is 16.5. The van der Waals surface area contributed by atoms with Gasteiger partial charge in [0.1, 0.15) is 17.6 Å². The molecular weight excluding hydrogens is 376 g/mol. The maximum absolute atomic E-state index is 13.0. The number of aromatic nitrogens is 3. The highest BCUT2D eigenvalue weighted by molar-refractivity contribution is 5.96. The van der Waals surface area contributed by atoms with Crippen molar-refractivity contribution in [1.29, 1.82) is 0 Å². The summed E-state index contributed by atoms with van der Waals surface area (Å²) in [7, 11) is 0. The third-order valence-corrected chi connectivity index (χ3v) is 5.70. The Morgan fingerprint density at radius 2 is 1.87 bits per heavy atom. The van der Waals surface area contributed by atoms with Gasteiger partial charge in [0, 0.05) is 25.0 Å². The molecule has 6 heteroatoms. The average molecular weight is 398 g/mol. The Bertz CT molecular complexity index is 1190. The lowest BCUT2D eigenvalue weighted by atomic mass is 9.99. The summed E-state index contributed by atoms with van der Waals surface area (Å²) in [6.45, 7) is 1.48. The van der Waals surface area contributed by atoms with Gasteiger partial charge in [-0.05, 0) is 54.7 Å². The number of hydrogen-bond donors (Lipinski definition) is 1. The van der Waals surface area contributed by atoms with Crippen molar-refractivity contribution < 1.29 is 9.90 Å². The second-order valence-corrected chi connectivity index (χ2v) is 7.79. The van der Waals surface area contributed by atoms with Crippen molar-refractivity contribution in [2.24, 2.45) is 5.92 Å². The van der Waals surface area contributed by atoms with Crippen molar-refractivity contribution in [1.82, 2.24) is 19.4 Å². The molecular formula is C24H22N4O2. The number of phenolic OH excluding ortho intramolecular Hbond substituents is 1. The number of nitrogens with zero attached hydrogens (tertiary/aromatic N) is 4. The third-order valence-electron chi connectivity index (χ3n) is 5.70. The van der Waals surface area contributed by atoms with Gasteiger partial charge in [-0.2, -0.15) is 0 Å². The molecule has 1 fully saturated rings. The molecule has 1 saturated heterocycles. The van der Waals surface area contributed by atoms with E-state index < -0.39 is 0 Å². The van der Waals surface area contributed by atoms with Crippen LogP contribution in [0, 0.1) is 5.92 Å². The highest BCUT2D eigenvalue weighted by Gasteiger charge is 2.27. The van der Waals surface area contributed by atoms with E-state index in [4.69, 9.17) is 0 Å². The zero-order valence-electron chi connectivity index (χ0n) is 16.5. The molecule has 1 atom stereocenters. The molecule has 0 saturated carbocycles. The van der Waals surface area contributed by atoms with Gasteiger partial charge in [-0.25, -0.2) is 9.97 Å². The summed E-state index contributed by atoms with van der Waals surface area (Å²) < 4.78 is 1.92. The number of fused-ring (bicyclic) bond motifs is 1. The van der Waals surface area contributed by atoms with Crippen LogP contribution in [0.2, 0.25) is 0 Å². The van der Waals surface area contributed by atoms with Gasteiger partial charge in [0.15, 0.2) is 5.65 Å². The molecule has 150 valence electrons. The molecule has 4 aromatic rings. The fourth-order valence-electron chi connectivity index (χ4n) is 4.13. The lowest BCUT2D eigenvalue weighted by Crippen LogP contribution is -2.29. The Kier molecular flexibility index (Phi) is 4.67. The molecule has 2 aromatic carbocycles. The molecule has 30 heavy (non-hydrogen) atoms. The lowest BCUT2D eigenvalue weighted by Gasteiger charge is -2.16. The van der Waals surface area contributed by atoms with E-state index in [1.54, 1.807) is 24.7 Å². The fourth-order valence-corrected chi connectivity index (χ4v) is 4.13. The normalized spacial score (nSPS) is 16.3. The van der Waals surface area contributed by atoms with Gasteiger partial charge >= 0.3 is 0 Å². The number of para-hydroxylation sites is 1. The van der Waals surface area contributed by atoms with Crippen molar-refractivity contribution in [2.45, 2.75) is 12.8 Å². The number of hydrogen-bond acceptors (Lipinski definition) is 4. The predicted molar refractivity (Wildman–Crippen MR) is 115 cm³/mol. The highest BCUT2D eigenvalue weighted by Crippen LogP contribution is 2.24. The predicted octanol–water partition coefficient (Wildman–Crippen LogP) is 3.83. The van der Waals surface area contributed by atoms with E-state index >= 15 is 0 Å². The van der Waals surface area contributed by atoms with E-state index in [9.17, 15) is 9.90 Å². The van der Waals surface area contributed by atoms with Crippen LogP contribution in [0.4, 0.5) is 0 Å². The van der Waals surface area contributed by atoms with Gasteiger partial charge in [-0.15, -0.1) is 0 Å². The minimum Gasteiger partial charge on any atom is -0.508 e. The van der Waals surface area contributed by atoms with Crippen molar-refractivity contribution in [3.8, 4) is 11.4 Å². The summed E-state index contributed by atoms with van der Waals surface area (Å²) in [6, 6.07) is 19.1. The smallest absolute Gasteiger partial charge is 0.255 e. The molecule has 0 aliphatic carbocycles. The summed E-state index contributed by atoms with van der Waals surface area (Å²) in [5.41, 5.74) is 4.20. The molecule has 1 amide bonds. The lowest BCUT2D eigenvalue weighted by molar-refractivity contribution is 0.0787. The first kappa shape index (κ1) is 18.4. The Balaban J connectivity index is 1.31. The van der Waals surface area contributed by atoms with Crippen molar-refractivity contribution >= 4 is 17.1 Å². The Morgan fingerprint density at radius 3 is 2.67 bits per heavy atom. The topological polar surface area (TPSA) is 71.2 Å². The SMILES string of the molecule is O=C(c1cnc2c(c1)ncn2-c1ccccc1)N1CCC(Cc2ccc(O)cc2)C1. The maximum atomic E-state index is 13.0. The number of amides is 1. The standard InChI is InChI=1S/C24H22N4O2/c29-21-8-6-17(7-9-21)12-18-10-11-27(15-18)24(30)19-13-22-23(25-14-19)28(16-26-22)20-4-2-1-3-5-20/h1-9,13-14,16,18,29H,10-12,15H2. The summed E-state index contributed by atoms with van der Waals surface area (Å²) in [5.74, 6) is 0.707. The molecule has 6 nitrogen and oxygen atoms in total. The van der Waals surface area contributed by atoms with Gasteiger partial charge in [-0.3, -0.25) is 9.36 Å². The van der Waals surface area contributed by atoms with E-state index in [1.165, 1.54) is 5.56 Å². The molecule has 1 aliphatic heterocycles. The van der Waals surface area contributed by atoms with Crippen LogP contribution in [0.25, 0.3) is 16.9 Å². The number of aromatic hydroxyl groups is 1. The Hall–Kier alpha value is -3.67. The second kappa shape index (κ2) is 7.63. The van der Waals surface area contributed by atoms with Crippen LogP contribution >= 0.6 is 0 Å². The summed E-state index contributed by atoms with van der Waals surface area (Å²) in [4.78, 5) is 23.9. The molecule has 0 bridgehead atoms. The number of likely N-dealkylation sites (tertiary alicyclic amines) is 1. The summed E-state index contributed by atoms with van der Waals surface area (Å²) in [5, 5.41) is 9.43. The molecule has 3 heterocycles. The first-order chi connectivity index (χ1) is 14.7. The van der Waals surface area contributed by atoms with E-state index in [1.807, 2.05) is 58.0 Å². The van der Waals surface area contributed by atoms with Crippen molar-refractivity contribution in [3.05, 3.63) is 84.3 Å². The molecule has 2 aromatic heterocycles. The maximum Gasteiger partial charge on any atom is 0.255 e. The number of carbonyl (C=O) groups excluding carboxylic acids is 1. The van der Waals surface area contributed by atoms with Crippen LogP contribution < -0.4 is 0 Å². The van der Waals surface area contributed by atoms with Gasteiger partial charge in [0.05, 0.1) is 5.56 Å². The number of pyridine rings is 1. The number of benzene rings is 2. The van der Waals surface area contributed by atoms with Crippen LogP contribution in [-0.2, 0) is 6.42 Å². The monoisotopic (exact) mass is 398 g/mol. The number of phenols is 1.